The van der Waals surface area contributed by atoms with E-state index in [0.717, 1.165) is 38.8 Å². The Labute approximate surface area is 168 Å². The summed E-state index contributed by atoms with van der Waals surface area (Å²) in [6, 6.07) is 11.5. The largest absolute Gasteiger partial charge is 0.333 e. The molecule has 3 heterocycles. The van der Waals surface area contributed by atoms with Gasteiger partial charge in [-0.25, -0.2) is 0 Å². The molecule has 0 bridgehead atoms. The van der Waals surface area contributed by atoms with Crippen LogP contribution in [-0.4, -0.2) is 71.3 Å². The monoisotopic (exact) mass is 383 g/mol. The number of benzene rings is 1. The zero-order valence-corrected chi connectivity index (χ0v) is 17.1. The SMILES string of the molecule is CN1CCCCC[C@@H]2[C@@H]1C[C@@H](Cc1ccccc1)N2C(=O)CN1CCCC1=O. The average Bonchev–Trinajstić information content (AvgIpc) is 3.24. The van der Waals surface area contributed by atoms with Crippen LogP contribution in [0.1, 0.15) is 50.5 Å². The summed E-state index contributed by atoms with van der Waals surface area (Å²) in [7, 11) is 2.22. The van der Waals surface area contributed by atoms with E-state index in [4.69, 9.17) is 0 Å². The summed E-state index contributed by atoms with van der Waals surface area (Å²) in [6.45, 7) is 2.11. The maximum atomic E-state index is 13.4. The summed E-state index contributed by atoms with van der Waals surface area (Å²) in [5.74, 6) is 0.288. The lowest BCUT2D eigenvalue weighted by molar-refractivity contribution is -0.140. The minimum Gasteiger partial charge on any atom is -0.333 e. The smallest absolute Gasteiger partial charge is 0.242 e. The van der Waals surface area contributed by atoms with Crippen LogP contribution in [0.2, 0.25) is 0 Å². The standard InChI is InChI=1S/C23H33N3O2/c1-24-13-7-3-6-11-20-21(24)16-19(15-18-9-4-2-5-10-18)26(20)23(28)17-25-14-8-12-22(25)27/h2,4-5,9-10,19-21H,3,6-8,11-17H2,1H3/t19-,20-,21+/m1/s1. The van der Waals surface area contributed by atoms with Gasteiger partial charge in [0.2, 0.25) is 11.8 Å². The van der Waals surface area contributed by atoms with E-state index in [9.17, 15) is 9.59 Å². The van der Waals surface area contributed by atoms with E-state index >= 15 is 0 Å². The molecule has 1 aromatic rings. The molecule has 3 aliphatic heterocycles. The molecule has 1 aromatic carbocycles. The third kappa shape index (κ3) is 4.09. The number of rotatable bonds is 4. The Kier molecular flexibility index (Phi) is 6.00. The van der Waals surface area contributed by atoms with Gasteiger partial charge in [0.15, 0.2) is 0 Å². The van der Waals surface area contributed by atoms with Gasteiger partial charge in [0.05, 0.1) is 6.54 Å². The van der Waals surface area contributed by atoms with Crippen LogP contribution in [0, 0.1) is 0 Å². The fourth-order valence-electron chi connectivity index (χ4n) is 5.44. The van der Waals surface area contributed by atoms with Gasteiger partial charge < -0.3 is 14.7 Å². The normalized spacial score (nSPS) is 28.9. The van der Waals surface area contributed by atoms with Crippen LogP contribution in [0.15, 0.2) is 30.3 Å². The van der Waals surface area contributed by atoms with Crippen LogP contribution in [0.3, 0.4) is 0 Å². The maximum absolute atomic E-state index is 13.4. The highest BCUT2D eigenvalue weighted by atomic mass is 16.2. The van der Waals surface area contributed by atoms with Gasteiger partial charge in [0, 0.05) is 31.1 Å². The molecule has 152 valence electrons. The Hall–Kier alpha value is -1.88. The van der Waals surface area contributed by atoms with Crippen molar-refractivity contribution in [1.29, 1.82) is 0 Å². The van der Waals surface area contributed by atoms with Crippen LogP contribution in [-0.2, 0) is 16.0 Å². The van der Waals surface area contributed by atoms with E-state index < -0.39 is 0 Å². The van der Waals surface area contributed by atoms with Gasteiger partial charge in [-0.2, -0.15) is 0 Å². The zero-order chi connectivity index (χ0) is 19.5. The second-order valence-electron chi connectivity index (χ2n) is 8.76. The Morgan fingerprint density at radius 2 is 1.86 bits per heavy atom. The molecular weight excluding hydrogens is 350 g/mol. The number of likely N-dealkylation sites (N-methyl/N-ethyl adjacent to an activating group) is 1. The summed E-state index contributed by atoms with van der Waals surface area (Å²) >= 11 is 0. The first-order valence-electron chi connectivity index (χ1n) is 11.0. The van der Waals surface area contributed by atoms with Crippen LogP contribution in [0.5, 0.6) is 0 Å². The summed E-state index contributed by atoms with van der Waals surface area (Å²) in [4.78, 5) is 31.9. The molecule has 0 spiro atoms. The molecule has 3 fully saturated rings. The van der Waals surface area contributed by atoms with Crippen molar-refractivity contribution in [3.63, 3.8) is 0 Å². The molecule has 5 heteroatoms. The van der Waals surface area contributed by atoms with Gasteiger partial charge in [-0.05, 0) is 51.3 Å². The quantitative estimate of drug-likeness (QED) is 0.803. The fraction of sp³-hybridized carbons (Fsp3) is 0.652. The van der Waals surface area contributed by atoms with Crippen molar-refractivity contribution >= 4 is 11.8 Å². The molecule has 3 aliphatic rings. The van der Waals surface area contributed by atoms with Crippen LogP contribution >= 0.6 is 0 Å². The third-order valence-electron chi connectivity index (χ3n) is 6.88. The molecule has 3 saturated heterocycles. The van der Waals surface area contributed by atoms with E-state index in [1.54, 1.807) is 4.90 Å². The van der Waals surface area contributed by atoms with Crippen molar-refractivity contribution < 1.29 is 9.59 Å². The number of hydrogen-bond acceptors (Lipinski definition) is 3. The number of hydrogen-bond donors (Lipinski definition) is 0. The highest BCUT2D eigenvalue weighted by Gasteiger charge is 2.45. The molecule has 2 amide bonds. The molecule has 0 aliphatic carbocycles. The van der Waals surface area contributed by atoms with Gasteiger partial charge in [-0.1, -0.05) is 43.2 Å². The van der Waals surface area contributed by atoms with Crippen LogP contribution < -0.4 is 0 Å². The second kappa shape index (κ2) is 8.64. The highest BCUT2D eigenvalue weighted by molar-refractivity contribution is 5.86. The molecule has 0 aromatic heterocycles. The molecule has 0 saturated carbocycles. The number of fused-ring (bicyclic) bond motifs is 1. The van der Waals surface area contributed by atoms with Gasteiger partial charge in [0.1, 0.15) is 0 Å². The Morgan fingerprint density at radius 3 is 2.61 bits per heavy atom. The molecule has 5 nitrogen and oxygen atoms in total. The average molecular weight is 384 g/mol. The van der Waals surface area contributed by atoms with E-state index in [1.807, 2.05) is 6.07 Å². The molecule has 4 rings (SSSR count). The summed E-state index contributed by atoms with van der Waals surface area (Å²) in [6.07, 6.45) is 8.18. The molecule has 0 N–H and O–H groups in total. The van der Waals surface area contributed by atoms with E-state index in [0.29, 0.717) is 12.5 Å². The topological polar surface area (TPSA) is 43.9 Å². The van der Waals surface area contributed by atoms with Gasteiger partial charge in [-0.15, -0.1) is 0 Å². The zero-order valence-electron chi connectivity index (χ0n) is 17.1. The summed E-state index contributed by atoms with van der Waals surface area (Å²) < 4.78 is 0. The first-order valence-corrected chi connectivity index (χ1v) is 11.0. The van der Waals surface area contributed by atoms with Gasteiger partial charge >= 0.3 is 0 Å². The Balaban J connectivity index is 1.56. The lowest BCUT2D eigenvalue weighted by Crippen LogP contribution is -2.51. The third-order valence-corrected chi connectivity index (χ3v) is 6.88. The summed E-state index contributed by atoms with van der Waals surface area (Å²) in [5, 5.41) is 0. The lowest BCUT2D eigenvalue weighted by atomic mass is 9.96. The predicted octanol–water partition coefficient (Wildman–Crippen LogP) is 2.70. The Bertz CT molecular complexity index is 692. The first-order chi connectivity index (χ1) is 13.6. The number of carbonyl (C=O) groups is 2. The molecule has 3 atom stereocenters. The number of amides is 2. The molecular formula is C23H33N3O2. The van der Waals surface area contributed by atoms with Crippen LogP contribution in [0.4, 0.5) is 0 Å². The molecule has 0 unspecified atom stereocenters. The van der Waals surface area contributed by atoms with Crippen molar-refractivity contribution in [1.82, 2.24) is 14.7 Å². The van der Waals surface area contributed by atoms with Crippen molar-refractivity contribution in [2.75, 3.05) is 26.7 Å². The molecule has 0 radical (unpaired) electrons. The van der Waals surface area contributed by atoms with Crippen molar-refractivity contribution in [3.8, 4) is 0 Å². The minimum absolute atomic E-state index is 0.137. The number of carbonyl (C=O) groups excluding carboxylic acids is 2. The van der Waals surface area contributed by atoms with Gasteiger partial charge in [0.25, 0.3) is 0 Å². The minimum atomic E-state index is 0.137. The van der Waals surface area contributed by atoms with E-state index in [-0.39, 0.29) is 30.4 Å². The Morgan fingerprint density at radius 1 is 1.04 bits per heavy atom. The molecule has 28 heavy (non-hydrogen) atoms. The second-order valence-corrected chi connectivity index (χ2v) is 8.76. The van der Waals surface area contributed by atoms with E-state index in [1.165, 1.54) is 24.8 Å². The highest BCUT2D eigenvalue weighted by Crippen LogP contribution is 2.35. The maximum Gasteiger partial charge on any atom is 0.242 e. The predicted molar refractivity (Wildman–Crippen MR) is 110 cm³/mol. The number of nitrogens with zero attached hydrogens (tertiary/aromatic N) is 3. The van der Waals surface area contributed by atoms with Gasteiger partial charge in [-0.3, -0.25) is 9.59 Å². The van der Waals surface area contributed by atoms with Crippen molar-refractivity contribution in [3.05, 3.63) is 35.9 Å². The van der Waals surface area contributed by atoms with Crippen molar-refractivity contribution in [2.24, 2.45) is 0 Å². The first kappa shape index (κ1) is 19.4. The van der Waals surface area contributed by atoms with E-state index in [2.05, 4.69) is 41.1 Å². The number of likely N-dealkylation sites (tertiary alicyclic amines) is 3. The lowest BCUT2D eigenvalue weighted by Gasteiger charge is -2.37. The summed E-state index contributed by atoms with van der Waals surface area (Å²) in [5.41, 5.74) is 1.29. The van der Waals surface area contributed by atoms with Crippen LogP contribution in [0.25, 0.3) is 0 Å². The fourth-order valence-corrected chi connectivity index (χ4v) is 5.44. The van der Waals surface area contributed by atoms with Crippen molar-refractivity contribution in [2.45, 2.75) is 69.5 Å².